The van der Waals surface area contributed by atoms with Gasteiger partial charge in [0.1, 0.15) is 11.8 Å². The minimum atomic E-state index is 0.700. The first-order valence-corrected chi connectivity index (χ1v) is 6.57. The predicted molar refractivity (Wildman–Crippen MR) is 76.5 cm³/mol. The Hall–Kier alpha value is -2.05. The van der Waals surface area contributed by atoms with Gasteiger partial charge >= 0.3 is 0 Å². The van der Waals surface area contributed by atoms with Crippen molar-refractivity contribution in [1.82, 2.24) is 9.88 Å². The largest absolute Gasteiger partial charge is 0.342 e. The third-order valence-electron chi connectivity index (χ3n) is 3.32. The van der Waals surface area contributed by atoms with Crippen molar-refractivity contribution in [2.24, 2.45) is 7.05 Å². The average molecular weight is 253 g/mol. The summed E-state index contributed by atoms with van der Waals surface area (Å²) < 4.78 is 1.86. The summed E-state index contributed by atoms with van der Waals surface area (Å²) in [5, 5.41) is 12.3. The number of nitriles is 1. The maximum Gasteiger partial charge on any atom is 0.120 e. The molecule has 1 aromatic carbocycles. The van der Waals surface area contributed by atoms with Crippen molar-refractivity contribution < 1.29 is 0 Å². The van der Waals surface area contributed by atoms with Crippen LogP contribution < -0.4 is 5.32 Å². The van der Waals surface area contributed by atoms with E-state index in [2.05, 4.69) is 42.6 Å². The lowest BCUT2D eigenvalue weighted by molar-refractivity contribution is 0.687. The van der Waals surface area contributed by atoms with Gasteiger partial charge in [0.25, 0.3) is 0 Å². The molecule has 0 atom stereocenters. The Morgan fingerprint density at radius 3 is 2.58 bits per heavy atom. The molecule has 3 heteroatoms. The summed E-state index contributed by atoms with van der Waals surface area (Å²) in [6.45, 7) is 3.82. The monoisotopic (exact) mass is 253 g/mol. The summed E-state index contributed by atoms with van der Waals surface area (Å²) >= 11 is 0. The summed E-state index contributed by atoms with van der Waals surface area (Å²) in [6.07, 6.45) is 3.05. The molecule has 1 aromatic heterocycles. The second kappa shape index (κ2) is 6.21. The fraction of sp³-hybridized carbons (Fsp3) is 0.312. The molecular formula is C16H19N3. The highest BCUT2D eigenvalue weighted by Crippen LogP contribution is 2.10. The van der Waals surface area contributed by atoms with Gasteiger partial charge in [0, 0.05) is 26.3 Å². The lowest BCUT2D eigenvalue weighted by Crippen LogP contribution is -2.13. The molecule has 0 fully saturated rings. The molecule has 0 aliphatic carbocycles. The number of hydrogen-bond acceptors (Lipinski definition) is 2. The summed E-state index contributed by atoms with van der Waals surface area (Å²) in [4.78, 5) is 0. The van der Waals surface area contributed by atoms with Gasteiger partial charge in [0.15, 0.2) is 0 Å². The van der Waals surface area contributed by atoms with Gasteiger partial charge in [-0.3, -0.25) is 0 Å². The Kier molecular flexibility index (Phi) is 4.38. The molecule has 0 aliphatic rings. The Morgan fingerprint density at radius 2 is 1.95 bits per heavy atom. The smallest absolute Gasteiger partial charge is 0.120 e. The van der Waals surface area contributed by atoms with E-state index in [9.17, 15) is 0 Å². The highest BCUT2D eigenvalue weighted by molar-refractivity contribution is 5.29. The number of nitrogens with zero attached hydrogens (tertiary/aromatic N) is 2. The maximum absolute atomic E-state index is 8.91. The predicted octanol–water partition coefficient (Wildman–Crippen LogP) is 2.75. The molecule has 2 aromatic rings. The van der Waals surface area contributed by atoms with Crippen molar-refractivity contribution in [2.45, 2.75) is 26.4 Å². The van der Waals surface area contributed by atoms with E-state index in [-0.39, 0.29) is 0 Å². The van der Waals surface area contributed by atoms with Crippen molar-refractivity contribution >= 4 is 0 Å². The molecule has 1 heterocycles. The van der Waals surface area contributed by atoms with E-state index in [0.717, 1.165) is 25.1 Å². The minimum Gasteiger partial charge on any atom is -0.342 e. The second-order valence-electron chi connectivity index (χ2n) is 4.68. The van der Waals surface area contributed by atoms with Crippen LogP contribution in [0, 0.1) is 11.3 Å². The van der Waals surface area contributed by atoms with Crippen LogP contribution in [-0.2, 0) is 26.6 Å². The van der Waals surface area contributed by atoms with Crippen LogP contribution in [0.25, 0.3) is 0 Å². The topological polar surface area (TPSA) is 40.8 Å². The standard InChI is InChI=1S/C16H19N3/c1-3-14-6-4-5-7-15(14)11-18-10-13-8-16(9-17)19(2)12-13/h4-8,12,18H,3,10-11H2,1-2H3. The number of aryl methyl sites for hydroxylation is 2. The normalized spacial score (nSPS) is 10.4. The van der Waals surface area contributed by atoms with Crippen molar-refractivity contribution in [2.75, 3.05) is 0 Å². The maximum atomic E-state index is 8.91. The molecule has 0 amide bonds. The van der Waals surface area contributed by atoms with Crippen LogP contribution in [0.3, 0.4) is 0 Å². The van der Waals surface area contributed by atoms with Gasteiger partial charge in [0.2, 0.25) is 0 Å². The highest BCUT2D eigenvalue weighted by Gasteiger charge is 2.03. The molecule has 0 saturated heterocycles. The molecule has 0 aliphatic heterocycles. The molecular weight excluding hydrogens is 234 g/mol. The van der Waals surface area contributed by atoms with E-state index >= 15 is 0 Å². The van der Waals surface area contributed by atoms with Gasteiger partial charge in [-0.1, -0.05) is 31.2 Å². The van der Waals surface area contributed by atoms with E-state index in [0.29, 0.717) is 5.69 Å². The van der Waals surface area contributed by atoms with Gasteiger partial charge in [0.05, 0.1) is 0 Å². The minimum absolute atomic E-state index is 0.700. The quantitative estimate of drug-likeness (QED) is 0.890. The lowest BCUT2D eigenvalue weighted by atomic mass is 10.1. The summed E-state index contributed by atoms with van der Waals surface area (Å²) in [5.74, 6) is 0. The SMILES string of the molecule is CCc1ccccc1CNCc1cc(C#N)n(C)c1. The van der Waals surface area contributed by atoms with Crippen LogP contribution in [0.15, 0.2) is 36.5 Å². The average Bonchev–Trinajstić information content (AvgIpc) is 2.79. The summed E-state index contributed by atoms with van der Waals surface area (Å²) in [7, 11) is 1.90. The number of benzene rings is 1. The Morgan fingerprint density at radius 1 is 1.21 bits per heavy atom. The van der Waals surface area contributed by atoms with Crippen molar-refractivity contribution in [3.63, 3.8) is 0 Å². The first-order chi connectivity index (χ1) is 9.24. The molecule has 0 spiro atoms. The fourth-order valence-corrected chi connectivity index (χ4v) is 2.26. The van der Waals surface area contributed by atoms with Gasteiger partial charge in [-0.15, -0.1) is 0 Å². The Bertz CT molecular complexity index is 590. The molecule has 0 bridgehead atoms. The number of nitrogens with one attached hydrogen (secondary N) is 1. The van der Waals surface area contributed by atoms with Gasteiger partial charge in [-0.25, -0.2) is 0 Å². The van der Waals surface area contributed by atoms with Crippen LogP contribution >= 0.6 is 0 Å². The molecule has 98 valence electrons. The zero-order chi connectivity index (χ0) is 13.7. The third kappa shape index (κ3) is 3.24. The van der Waals surface area contributed by atoms with Crippen LogP contribution in [0.1, 0.15) is 29.3 Å². The van der Waals surface area contributed by atoms with Crippen molar-refractivity contribution in [3.8, 4) is 6.07 Å². The van der Waals surface area contributed by atoms with Crippen molar-refractivity contribution in [3.05, 3.63) is 58.9 Å². The molecule has 2 rings (SSSR count). The van der Waals surface area contributed by atoms with Crippen LogP contribution in [0.5, 0.6) is 0 Å². The number of aromatic nitrogens is 1. The molecule has 3 nitrogen and oxygen atoms in total. The van der Waals surface area contributed by atoms with Gasteiger partial charge in [-0.2, -0.15) is 5.26 Å². The molecule has 0 unspecified atom stereocenters. The van der Waals surface area contributed by atoms with E-state index in [4.69, 9.17) is 5.26 Å². The van der Waals surface area contributed by atoms with Gasteiger partial charge in [-0.05, 0) is 29.2 Å². The fourth-order valence-electron chi connectivity index (χ4n) is 2.26. The van der Waals surface area contributed by atoms with Crippen molar-refractivity contribution in [1.29, 1.82) is 5.26 Å². The van der Waals surface area contributed by atoms with Gasteiger partial charge < -0.3 is 9.88 Å². The summed E-state index contributed by atoms with van der Waals surface area (Å²) in [5.41, 5.74) is 4.58. The molecule has 0 saturated carbocycles. The zero-order valence-corrected chi connectivity index (χ0v) is 11.5. The van der Waals surface area contributed by atoms with Crippen LogP contribution in [0.2, 0.25) is 0 Å². The first kappa shape index (κ1) is 13.4. The Balaban J connectivity index is 1.94. The summed E-state index contributed by atoms with van der Waals surface area (Å²) in [6, 6.07) is 12.6. The lowest BCUT2D eigenvalue weighted by Gasteiger charge is -2.08. The third-order valence-corrected chi connectivity index (χ3v) is 3.32. The molecule has 1 N–H and O–H groups in total. The van der Waals surface area contributed by atoms with Crippen LogP contribution in [-0.4, -0.2) is 4.57 Å². The van der Waals surface area contributed by atoms with E-state index in [1.165, 1.54) is 11.1 Å². The van der Waals surface area contributed by atoms with E-state index in [1.807, 2.05) is 23.9 Å². The van der Waals surface area contributed by atoms with Crippen LogP contribution in [0.4, 0.5) is 0 Å². The molecule has 0 radical (unpaired) electrons. The highest BCUT2D eigenvalue weighted by atomic mass is 14.9. The van der Waals surface area contributed by atoms with E-state index < -0.39 is 0 Å². The second-order valence-corrected chi connectivity index (χ2v) is 4.68. The first-order valence-electron chi connectivity index (χ1n) is 6.57. The Labute approximate surface area is 114 Å². The van der Waals surface area contributed by atoms with E-state index in [1.54, 1.807) is 0 Å². The number of hydrogen-bond donors (Lipinski definition) is 1. The molecule has 19 heavy (non-hydrogen) atoms. The zero-order valence-electron chi connectivity index (χ0n) is 11.5. The number of rotatable bonds is 5.